The highest BCUT2D eigenvalue weighted by Gasteiger charge is 2.19. The minimum Gasteiger partial charge on any atom is -0.545 e. The molecule has 0 fully saturated rings. The number of carbonyl (C=O) groups excluding carboxylic acids is 1. The highest BCUT2D eigenvalue weighted by Crippen LogP contribution is 2.18. The summed E-state index contributed by atoms with van der Waals surface area (Å²) in [7, 11) is 0. The van der Waals surface area contributed by atoms with Gasteiger partial charge in [0.2, 0.25) is 0 Å². The van der Waals surface area contributed by atoms with Crippen LogP contribution in [0.4, 0.5) is 17.6 Å². The quantitative estimate of drug-likeness (QED) is 0.372. The lowest BCUT2D eigenvalue weighted by Gasteiger charge is -2.06. The molecule has 0 N–H and O–H groups in total. The number of carboxylic acids is 1. The molecule has 0 aliphatic carbocycles. The lowest BCUT2D eigenvalue weighted by Crippen LogP contribution is -2.26. The van der Waals surface area contributed by atoms with Crippen LogP contribution < -0.4 is 5.11 Å². The third-order valence-corrected chi connectivity index (χ3v) is 1.32. The SMILES string of the molecule is O=C([O-])c1c(F)cc(F)c(F)c1F. The molecule has 0 aliphatic heterocycles. The van der Waals surface area contributed by atoms with Gasteiger partial charge in [0.1, 0.15) is 5.82 Å². The first-order valence-corrected chi connectivity index (χ1v) is 2.99. The summed E-state index contributed by atoms with van der Waals surface area (Å²) in [6, 6.07) is -0.0659. The number of aromatic carboxylic acids is 1. The summed E-state index contributed by atoms with van der Waals surface area (Å²) in [4.78, 5) is 10.0. The Morgan fingerprint density at radius 3 is 2.08 bits per heavy atom. The number of rotatable bonds is 1. The fourth-order valence-corrected chi connectivity index (χ4v) is 0.753. The van der Waals surface area contributed by atoms with Gasteiger partial charge in [-0.3, -0.25) is 0 Å². The van der Waals surface area contributed by atoms with Crippen LogP contribution in [0.25, 0.3) is 0 Å². The van der Waals surface area contributed by atoms with Crippen molar-refractivity contribution >= 4 is 5.97 Å². The van der Waals surface area contributed by atoms with Crippen LogP contribution in [0.5, 0.6) is 0 Å². The second-order valence-electron chi connectivity index (χ2n) is 2.13. The Kier molecular flexibility index (Phi) is 2.22. The van der Waals surface area contributed by atoms with E-state index in [0.717, 1.165) is 0 Å². The molecule has 0 saturated carbocycles. The Hall–Kier alpha value is -1.59. The molecule has 0 radical (unpaired) electrons. The van der Waals surface area contributed by atoms with Crippen LogP contribution in [0.2, 0.25) is 0 Å². The first-order valence-electron chi connectivity index (χ1n) is 2.99. The summed E-state index contributed by atoms with van der Waals surface area (Å²) in [5.41, 5.74) is -1.61. The van der Waals surface area contributed by atoms with Gasteiger partial charge in [0.25, 0.3) is 0 Å². The summed E-state index contributed by atoms with van der Waals surface area (Å²) in [6.07, 6.45) is 0. The molecule has 6 heteroatoms. The monoisotopic (exact) mass is 193 g/mol. The van der Waals surface area contributed by atoms with E-state index in [-0.39, 0.29) is 6.07 Å². The third kappa shape index (κ3) is 1.47. The predicted molar refractivity (Wildman–Crippen MR) is 30.6 cm³/mol. The van der Waals surface area contributed by atoms with E-state index in [2.05, 4.69) is 0 Å². The molecular weight excluding hydrogens is 192 g/mol. The number of halogens is 4. The first kappa shape index (κ1) is 9.50. The van der Waals surface area contributed by atoms with E-state index in [1.54, 1.807) is 0 Å². The summed E-state index contributed by atoms with van der Waals surface area (Å²) in [5.74, 6) is -9.89. The van der Waals surface area contributed by atoms with Gasteiger partial charge in [0.05, 0.1) is 11.5 Å². The van der Waals surface area contributed by atoms with Crippen molar-refractivity contribution in [3.8, 4) is 0 Å². The molecule has 0 unspecified atom stereocenters. The van der Waals surface area contributed by atoms with Crippen LogP contribution in [-0.2, 0) is 0 Å². The minimum absolute atomic E-state index is 0.0659. The Morgan fingerprint density at radius 2 is 1.62 bits per heavy atom. The number of hydrogen-bond donors (Lipinski definition) is 0. The van der Waals surface area contributed by atoms with Gasteiger partial charge >= 0.3 is 0 Å². The number of benzene rings is 1. The highest BCUT2D eigenvalue weighted by atomic mass is 19.2. The van der Waals surface area contributed by atoms with Gasteiger partial charge in [0, 0.05) is 6.07 Å². The van der Waals surface area contributed by atoms with Crippen LogP contribution in [0, 0.1) is 23.3 Å². The van der Waals surface area contributed by atoms with Crippen molar-refractivity contribution in [3.05, 3.63) is 34.9 Å². The molecule has 0 aliphatic rings. The van der Waals surface area contributed by atoms with Crippen molar-refractivity contribution in [2.75, 3.05) is 0 Å². The summed E-state index contributed by atoms with van der Waals surface area (Å²) >= 11 is 0. The number of carboxylic acid groups (broad SMARTS) is 1. The molecular formula is C7HF4O2-. The second-order valence-corrected chi connectivity index (χ2v) is 2.13. The van der Waals surface area contributed by atoms with Crippen molar-refractivity contribution < 1.29 is 27.5 Å². The van der Waals surface area contributed by atoms with Crippen molar-refractivity contribution in [1.29, 1.82) is 0 Å². The zero-order chi connectivity index (χ0) is 10.2. The van der Waals surface area contributed by atoms with E-state index in [0.29, 0.717) is 0 Å². The maximum atomic E-state index is 12.5. The zero-order valence-electron chi connectivity index (χ0n) is 5.91. The highest BCUT2D eigenvalue weighted by molar-refractivity contribution is 5.86. The maximum Gasteiger partial charge on any atom is 0.195 e. The second kappa shape index (κ2) is 3.04. The Labute approximate surface area is 69.4 Å². The lowest BCUT2D eigenvalue weighted by molar-refractivity contribution is -0.255. The van der Waals surface area contributed by atoms with E-state index in [1.807, 2.05) is 0 Å². The predicted octanol–water partition coefficient (Wildman–Crippen LogP) is 0.607. The molecule has 1 aromatic carbocycles. The van der Waals surface area contributed by atoms with E-state index < -0.39 is 34.8 Å². The topological polar surface area (TPSA) is 40.1 Å². The van der Waals surface area contributed by atoms with Crippen molar-refractivity contribution in [1.82, 2.24) is 0 Å². The van der Waals surface area contributed by atoms with Crippen molar-refractivity contribution in [2.45, 2.75) is 0 Å². The molecule has 70 valence electrons. The Morgan fingerprint density at radius 1 is 1.08 bits per heavy atom. The average molecular weight is 193 g/mol. The fourth-order valence-electron chi connectivity index (χ4n) is 0.753. The van der Waals surface area contributed by atoms with E-state index in [9.17, 15) is 27.5 Å². The molecule has 0 saturated heterocycles. The van der Waals surface area contributed by atoms with Gasteiger partial charge in [-0.2, -0.15) is 0 Å². The molecule has 2 nitrogen and oxygen atoms in total. The molecule has 13 heavy (non-hydrogen) atoms. The van der Waals surface area contributed by atoms with Crippen LogP contribution in [-0.4, -0.2) is 5.97 Å². The summed E-state index contributed by atoms with van der Waals surface area (Å²) in [6.45, 7) is 0. The van der Waals surface area contributed by atoms with Gasteiger partial charge in [-0.05, 0) is 0 Å². The standard InChI is InChI=1S/C7H2F4O2/c8-2-1-3(9)5(10)6(11)4(2)7(12)13/h1H,(H,12,13)/p-1. The van der Waals surface area contributed by atoms with Gasteiger partial charge in [0.15, 0.2) is 17.5 Å². The van der Waals surface area contributed by atoms with Gasteiger partial charge in [-0.25, -0.2) is 17.6 Å². The molecule has 0 heterocycles. The van der Waals surface area contributed by atoms with Gasteiger partial charge < -0.3 is 9.90 Å². The number of carbonyl (C=O) groups is 1. The van der Waals surface area contributed by atoms with E-state index in [4.69, 9.17) is 0 Å². The fraction of sp³-hybridized carbons (Fsp3) is 0. The third-order valence-electron chi connectivity index (χ3n) is 1.32. The number of hydrogen-bond acceptors (Lipinski definition) is 2. The summed E-state index contributed by atoms with van der Waals surface area (Å²) < 4.78 is 49.5. The van der Waals surface area contributed by atoms with Crippen LogP contribution in [0.3, 0.4) is 0 Å². The zero-order valence-corrected chi connectivity index (χ0v) is 5.91. The molecule has 0 atom stereocenters. The lowest BCUT2D eigenvalue weighted by atomic mass is 10.2. The van der Waals surface area contributed by atoms with Gasteiger partial charge in [-0.1, -0.05) is 0 Å². The Bertz CT molecular complexity index is 375. The summed E-state index contributed by atoms with van der Waals surface area (Å²) in [5, 5.41) is 10.0. The normalized spacial score (nSPS) is 10.2. The maximum absolute atomic E-state index is 12.5. The largest absolute Gasteiger partial charge is 0.545 e. The van der Waals surface area contributed by atoms with E-state index >= 15 is 0 Å². The van der Waals surface area contributed by atoms with E-state index in [1.165, 1.54) is 0 Å². The molecule has 0 bridgehead atoms. The van der Waals surface area contributed by atoms with Crippen molar-refractivity contribution in [3.63, 3.8) is 0 Å². The van der Waals surface area contributed by atoms with Gasteiger partial charge in [-0.15, -0.1) is 0 Å². The minimum atomic E-state index is -2.24. The van der Waals surface area contributed by atoms with Crippen LogP contribution >= 0.6 is 0 Å². The van der Waals surface area contributed by atoms with Crippen molar-refractivity contribution in [2.24, 2.45) is 0 Å². The molecule has 0 spiro atoms. The molecule has 1 aromatic rings. The molecule has 0 aromatic heterocycles. The molecule has 0 amide bonds. The van der Waals surface area contributed by atoms with Crippen LogP contribution in [0.1, 0.15) is 10.4 Å². The van der Waals surface area contributed by atoms with Crippen LogP contribution in [0.15, 0.2) is 6.07 Å². The first-order chi connectivity index (χ1) is 5.95. The average Bonchev–Trinajstić information content (AvgIpc) is 1.99. The molecule has 1 rings (SSSR count). The smallest absolute Gasteiger partial charge is 0.195 e. The Balaban J connectivity index is 3.53.